The lowest BCUT2D eigenvalue weighted by molar-refractivity contribution is -0.124. The molecule has 0 fully saturated rings. The largest absolute Gasteiger partial charge is 0.490 e. The molecule has 5 heteroatoms. The third-order valence-electron chi connectivity index (χ3n) is 3.79. The van der Waals surface area contributed by atoms with Crippen LogP contribution in [0.3, 0.4) is 0 Å². The standard InChI is InChI=1S/C18H30N2O2.ClH/c1-7-13(3)22-15-10-12(2)8-9-14(15)11-20-17(21)16(19)18(4,5)6;/h8-10,13,16H,7,11,19H2,1-6H3,(H,20,21);1H/t13?,16-;/m1./s1. The molecule has 0 aromatic heterocycles. The minimum atomic E-state index is -0.531. The number of hydrogen-bond donors (Lipinski definition) is 2. The van der Waals surface area contributed by atoms with Crippen molar-refractivity contribution in [2.45, 2.75) is 66.7 Å². The maximum absolute atomic E-state index is 12.1. The van der Waals surface area contributed by atoms with Crippen LogP contribution in [0.1, 0.15) is 52.2 Å². The molecule has 1 aromatic rings. The van der Waals surface area contributed by atoms with Crippen LogP contribution in [0.2, 0.25) is 0 Å². The SMILES string of the molecule is CCC(C)Oc1cc(C)ccc1CNC(=O)[C@@H](N)C(C)(C)C.Cl. The normalized spacial score (nSPS) is 13.7. The van der Waals surface area contributed by atoms with Gasteiger partial charge in [-0.25, -0.2) is 0 Å². The molecule has 0 bridgehead atoms. The Morgan fingerprint density at radius 1 is 1.35 bits per heavy atom. The van der Waals surface area contributed by atoms with Gasteiger partial charge >= 0.3 is 0 Å². The van der Waals surface area contributed by atoms with Crippen molar-refractivity contribution in [1.82, 2.24) is 5.32 Å². The molecule has 0 aliphatic heterocycles. The Morgan fingerprint density at radius 3 is 2.48 bits per heavy atom. The number of hydrogen-bond acceptors (Lipinski definition) is 3. The lowest BCUT2D eigenvalue weighted by Crippen LogP contribution is -2.48. The van der Waals surface area contributed by atoms with Crippen LogP contribution < -0.4 is 15.8 Å². The Balaban J connectivity index is 0.00000484. The van der Waals surface area contributed by atoms with Gasteiger partial charge in [0.25, 0.3) is 0 Å². The number of benzene rings is 1. The predicted octanol–water partition coefficient (Wildman–Crippen LogP) is 3.58. The van der Waals surface area contributed by atoms with Gasteiger partial charge in [0, 0.05) is 12.1 Å². The number of carbonyl (C=O) groups excluding carboxylic acids is 1. The van der Waals surface area contributed by atoms with E-state index in [4.69, 9.17) is 10.5 Å². The Kier molecular flexibility index (Phi) is 8.64. The van der Waals surface area contributed by atoms with Gasteiger partial charge in [-0.05, 0) is 37.3 Å². The summed E-state index contributed by atoms with van der Waals surface area (Å²) in [6, 6.07) is 5.50. The summed E-state index contributed by atoms with van der Waals surface area (Å²) in [5, 5.41) is 2.91. The summed E-state index contributed by atoms with van der Waals surface area (Å²) < 4.78 is 5.95. The fraction of sp³-hybridized carbons (Fsp3) is 0.611. The molecule has 0 radical (unpaired) electrons. The summed E-state index contributed by atoms with van der Waals surface area (Å²) in [5.74, 6) is 0.696. The van der Waals surface area contributed by atoms with E-state index in [9.17, 15) is 4.79 Å². The molecule has 0 spiro atoms. The third-order valence-corrected chi connectivity index (χ3v) is 3.79. The van der Waals surface area contributed by atoms with Crippen molar-refractivity contribution < 1.29 is 9.53 Å². The average Bonchev–Trinajstić information content (AvgIpc) is 2.44. The van der Waals surface area contributed by atoms with E-state index in [0.29, 0.717) is 6.54 Å². The molecule has 0 saturated heterocycles. The molecule has 1 rings (SSSR count). The van der Waals surface area contributed by atoms with Crippen molar-refractivity contribution >= 4 is 18.3 Å². The maximum atomic E-state index is 12.1. The second-order valence-electron chi connectivity index (χ2n) is 7.01. The number of ether oxygens (including phenoxy) is 1. The first-order chi connectivity index (χ1) is 10.1. The van der Waals surface area contributed by atoms with Gasteiger partial charge in [0.2, 0.25) is 5.91 Å². The molecule has 1 unspecified atom stereocenters. The van der Waals surface area contributed by atoms with Gasteiger partial charge < -0.3 is 15.8 Å². The monoisotopic (exact) mass is 342 g/mol. The summed E-state index contributed by atoms with van der Waals surface area (Å²) in [7, 11) is 0. The van der Waals surface area contributed by atoms with Crippen LogP contribution in [0.4, 0.5) is 0 Å². The second-order valence-corrected chi connectivity index (χ2v) is 7.01. The first-order valence-corrected chi connectivity index (χ1v) is 7.94. The van der Waals surface area contributed by atoms with E-state index in [2.05, 4.69) is 12.2 Å². The molecule has 23 heavy (non-hydrogen) atoms. The molecule has 2 atom stereocenters. The smallest absolute Gasteiger partial charge is 0.237 e. The highest BCUT2D eigenvalue weighted by atomic mass is 35.5. The van der Waals surface area contributed by atoms with Gasteiger partial charge in [0.15, 0.2) is 0 Å². The average molecular weight is 343 g/mol. The van der Waals surface area contributed by atoms with Crippen molar-refractivity contribution in [2.75, 3.05) is 0 Å². The molecule has 132 valence electrons. The van der Waals surface area contributed by atoms with E-state index in [-0.39, 0.29) is 29.8 Å². The number of aryl methyl sites for hydroxylation is 1. The first kappa shape index (κ1) is 21.7. The minimum Gasteiger partial charge on any atom is -0.490 e. The van der Waals surface area contributed by atoms with Crippen LogP contribution in [-0.2, 0) is 11.3 Å². The van der Waals surface area contributed by atoms with Crippen molar-refractivity contribution in [1.29, 1.82) is 0 Å². The van der Waals surface area contributed by atoms with Crippen molar-refractivity contribution in [3.05, 3.63) is 29.3 Å². The quantitative estimate of drug-likeness (QED) is 0.830. The highest BCUT2D eigenvalue weighted by Gasteiger charge is 2.27. The lowest BCUT2D eigenvalue weighted by Gasteiger charge is -2.26. The molecular formula is C18H31ClN2O2. The number of amides is 1. The summed E-state index contributed by atoms with van der Waals surface area (Å²) in [4.78, 5) is 12.1. The second kappa shape index (κ2) is 9.14. The first-order valence-electron chi connectivity index (χ1n) is 7.94. The van der Waals surface area contributed by atoms with E-state index in [1.165, 1.54) is 0 Å². The molecule has 4 nitrogen and oxygen atoms in total. The number of nitrogens with one attached hydrogen (secondary N) is 1. The fourth-order valence-electron chi connectivity index (χ4n) is 1.90. The van der Waals surface area contributed by atoms with Crippen LogP contribution in [0, 0.1) is 12.3 Å². The van der Waals surface area contributed by atoms with E-state index >= 15 is 0 Å². The van der Waals surface area contributed by atoms with E-state index in [1.807, 2.05) is 52.8 Å². The van der Waals surface area contributed by atoms with E-state index in [0.717, 1.165) is 23.3 Å². The zero-order chi connectivity index (χ0) is 16.9. The molecular weight excluding hydrogens is 312 g/mol. The van der Waals surface area contributed by atoms with Gasteiger partial charge in [0.05, 0.1) is 12.1 Å². The highest BCUT2D eigenvalue weighted by molar-refractivity contribution is 5.85. The lowest BCUT2D eigenvalue weighted by atomic mass is 9.87. The van der Waals surface area contributed by atoms with Crippen LogP contribution in [0.15, 0.2) is 18.2 Å². The number of rotatable bonds is 6. The van der Waals surface area contributed by atoms with Gasteiger partial charge in [0.1, 0.15) is 5.75 Å². The number of halogens is 1. The Morgan fingerprint density at radius 2 is 1.96 bits per heavy atom. The van der Waals surface area contributed by atoms with Crippen molar-refractivity contribution in [2.24, 2.45) is 11.1 Å². The zero-order valence-corrected chi connectivity index (χ0v) is 15.9. The van der Waals surface area contributed by atoms with Gasteiger partial charge in [-0.1, -0.05) is 39.8 Å². The summed E-state index contributed by atoms with van der Waals surface area (Å²) in [6.45, 7) is 12.5. The van der Waals surface area contributed by atoms with Crippen LogP contribution in [0.5, 0.6) is 5.75 Å². The Bertz CT molecular complexity index is 512. The third kappa shape index (κ3) is 6.80. The van der Waals surface area contributed by atoms with Crippen molar-refractivity contribution in [3.63, 3.8) is 0 Å². The fourth-order valence-corrected chi connectivity index (χ4v) is 1.90. The molecule has 0 heterocycles. The molecule has 1 aromatic carbocycles. The Labute approximate surface area is 146 Å². The van der Waals surface area contributed by atoms with E-state index in [1.54, 1.807) is 0 Å². The van der Waals surface area contributed by atoms with Gasteiger partial charge in [-0.2, -0.15) is 0 Å². The van der Waals surface area contributed by atoms with Crippen LogP contribution in [-0.4, -0.2) is 18.1 Å². The number of nitrogens with two attached hydrogens (primary N) is 1. The zero-order valence-electron chi connectivity index (χ0n) is 15.1. The predicted molar refractivity (Wildman–Crippen MR) is 98.1 cm³/mol. The van der Waals surface area contributed by atoms with Crippen LogP contribution >= 0.6 is 12.4 Å². The summed E-state index contributed by atoms with van der Waals surface area (Å²) >= 11 is 0. The summed E-state index contributed by atoms with van der Waals surface area (Å²) in [5.41, 5.74) is 7.83. The maximum Gasteiger partial charge on any atom is 0.237 e. The number of carbonyl (C=O) groups is 1. The van der Waals surface area contributed by atoms with Crippen LogP contribution in [0.25, 0.3) is 0 Å². The molecule has 0 saturated carbocycles. The molecule has 1 amide bonds. The minimum absolute atomic E-state index is 0. The molecule has 3 N–H and O–H groups in total. The highest BCUT2D eigenvalue weighted by Crippen LogP contribution is 2.23. The topological polar surface area (TPSA) is 64.3 Å². The van der Waals surface area contributed by atoms with E-state index < -0.39 is 6.04 Å². The molecule has 0 aliphatic carbocycles. The Hall–Kier alpha value is -1.26. The van der Waals surface area contributed by atoms with Gasteiger partial charge in [-0.15, -0.1) is 12.4 Å². The summed E-state index contributed by atoms with van der Waals surface area (Å²) in [6.07, 6.45) is 1.09. The van der Waals surface area contributed by atoms with Gasteiger partial charge in [-0.3, -0.25) is 4.79 Å². The molecule has 0 aliphatic rings. The van der Waals surface area contributed by atoms with Crippen molar-refractivity contribution in [3.8, 4) is 5.75 Å².